The zero-order valence-electron chi connectivity index (χ0n) is 9.82. The molecule has 19 heavy (non-hydrogen) atoms. The normalized spacial score (nSPS) is 11.3. The number of thiazole rings is 1. The van der Waals surface area contributed by atoms with Crippen LogP contribution < -0.4 is 23.2 Å². The maximum absolute atomic E-state index is 10.8. The Kier molecular flexibility index (Phi) is 6.08. The molecule has 0 aliphatic heterocycles. The first kappa shape index (κ1) is 16.7. The van der Waals surface area contributed by atoms with Gasteiger partial charge in [0, 0.05) is 12.0 Å². The van der Waals surface area contributed by atoms with Gasteiger partial charge in [-0.15, -0.1) is 10.2 Å². The second-order valence-electron chi connectivity index (χ2n) is 3.29. The monoisotopic (exact) mass is 344 g/mol. The number of aryl methyl sites for hydroxylation is 1. The van der Waals surface area contributed by atoms with Gasteiger partial charge in [-0.2, -0.15) is 0 Å². The Bertz CT molecular complexity index is 558. The van der Waals surface area contributed by atoms with Gasteiger partial charge in [-0.3, -0.25) is 4.79 Å². The van der Waals surface area contributed by atoms with Gasteiger partial charge in [0.1, 0.15) is 5.78 Å². The summed E-state index contributed by atoms with van der Waals surface area (Å²) in [6.45, 7) is 3.63. The highest BCUT2D eigenvalue weighted by Crippen LogP contribution is 2.25. The van der Waals surface area contributed by atoms with Crippen LogP contribution in [0, 0.1) is 17.2 Å². The van der Waals surface area contributed by atoms with Gasteiger partial charge in [0.2, 0.25) is 10.0 Å². The molecule has 7 nitrogen and oxygen atoms in total. The van der Waals surface area contributed by atoms with Crippen LogP contribution in [0.5, 0.6) is 0 Å². The summed E-state index contributed by atoms with van der Waals surface area (Å²) in [6, 6.07) is 0. The zero-order valence-corrected chi connectivity index (χ0v) is 13.0. The third-order valence-electron chi connectivity index (χ3n) is 1.59. The van der Waals surface area contributed by atoms with E-state index in [1.807, 2.05) is 11.4 Å². The molecule has 0 spiro atoms. The molecule has 2 rings (SSSR count). The van der Waals surface area contributed by atoms with E-state index in [9.17, 15) is 4.79 Å². The van der Waals surface area contributed by atoms with Gasteiger partial charge in [0.15, 0.2) is 0 Å². The Hall–Kier alpha value is -0.330. The molecule has 0 unspecified atom stereocenters. The first-order chi connectivity index (χ1) is 8.66. The molecule has 11 heteroatoms. The van der Waals surface area contributed by atoms with Crippen molar-refractivity contribution in [3.63, 3.8) is 0 Å². The molecule has 2 heterocycles. The zero-order chi connectivity index (χ0) is 14.6. The quantitative estimate of drug-likeness (QED) is 0.434. The molecule has 0 N–H and O–H groups in total. The van der Waals surface area contributed by atoms with Gasteiger partial charge in [-0.25, -0.2) is 18.6 Å². The summed E-state index contributed by atoms with van der Waals surface area (Å²) in [5.74, 6) is 0.704. The van der Waals surface area contributed by atoms with Crippen LogP contribution in [0.15, 0.2) is 9.72 Å². The Morgan fingerprint density at radius 1 is 1.47 bits per heavy atom. The first-order valence-corrected chi connectivity index (χ1v) is 8.59. The van der Waals surface area contributed by atoms with Gasteiger partial charge >= 0.3 is 4.14 Å². The van der Waals surface area contributed by atoms with E-state index >= 15 is 0 Å². The number of halogens is 1. The summed E-state index contributed by atoms with van der Waals surface area (Å²) in [5.41, 5.74) is 1.15. The average Bonchev–Trinajstić information content (AvgIpc) is 2.76. The van der Waals surface area contributed by atoms with Crippen molar-refractivity contribution in [3.05, 3.63) is 11.1 Å². The van der Waals surface area contributed by atoms with E-state index in [1.54, 1.807) is 29.6 Å². The van der Waals surface area contributed by atoms with E-state index in [4.69, 9.17) is 18.6 Å². The average molecular weight is 345 g/mol. The molecule has 0 bridgehead atoms. The van der Waals surface area contributed by atoms with Crippen molar-refractivity contribution < 1.29 is 38.2 Å². The van der Waals surface area contributed by atoms with Gasteiger partial charge in [-0.1, -0.05) is 23.1 Å². The van der Waals surface area contributed by atoms with Crippen molar-refractivity contribution in [1.82, 2.24) is 5.10 Å². The van der Waals surface area contributed by atoms with Crippen molar-refractivity contribution in [2.45, 2.75) is 18.2 Å². The van der Waals surface area contributed by atoms with Crippen LogP contribution in [-0.4, -0.2) is 16.6 Å². The summed E-state index contributed by atoms with van der Waals surface area (Å²) in [5, 5.41) is 6.48. The summed E-state index contributed by atoms with van der Waals surface area (Å²) in [7, 11) is -4.94. The number of fused-ring (bicyclic) bond motifs is 1. The minimum Gasteiger partial charge on any atom is -0.299 e. The Balaban J connectivity index is 0.000000312. The molecule has 0 fully saturated rings. The number of rotatable bonds is 3. The highest BCUT2D eigenvalue weighted by Gasteiger charge is 2.17. The highest BCUT2D eigenvalue weighted by molar-refractivity contribution is 8.01. The fourth-order valence-corrected chi connectivity index (χ4v) is 4.01. The minimum absolute atomic E-state index is 0.190. The van der Waals surface area contributed by atoms with Crippen molar-refractivity contribution in [2.24, 2.45) is 0 Å². The molecule has 0 radical (unpaired) electrons. The van der Waals surface area contributed by atoms with Crippen molar-refractivity contribution in [3.8, 4) is 0 Å². The number of carbonyl (C=O) groups is 1. The molecule has 0 aliphatic carbocycles. The minimum atomic E-state index is -4.94. The fourth-order valence-electron chi connectivity index (χ4n) is 0.965. The second-order valence-corrected chi connectivity index (χ2v) is 7.36. The number of hydrogen-bond acceptors (Lipinski definition) is 9. The maximum atomic E-state index is 10.8. The van der Waals surface area contributed by atoms with Crippen LogP contribution in [0.4, 0.5) is 0 Å². The molecule has 0 saturated carbocycles. The van der Waals surface area contributed by atoms with Crippen molar-refractivity contribution in [2.75, 3.05) is 5.75 Å². The molecule has 0 aromatic carbocycles. The SMILES string of the molecule is CC(=O)CSc1n[n+]2c(C)csc2s1.[O-][Cl+3]([O-])([O-])[O-]. The molecule has 2 aromatic rings. The summed E-state index contributed by atoms with van der Waals surface area (Å²) in [4.78, 5) is 10.8. The molecular formula is C8H9ClN2O5S3. The molecule has 0 amide bonds. The van der Waals surface area contributed by atoms with E-state index in [2.05, 4.69) is 10.5 Å². The van der Waals surface area contributed by atoms with Crippen LogP contribution in [-0.2, 0) is 4.79 Å². The van der Waals surface area contributed by atoms with E-state index in [0.717, 1.165) is 10.0 Å². The molecular weight excluding hydrogens is 336 g/mol. The predicted octanol–water partition coefficient (Wildman–Crippen LogP) is -2.82. The van der Waals surface area contributed by atoms with E-state index in [-0.39, 0.29) is 5.78 Å². The summed E-state index contributed by atoms with van der Waals surface area (Å²) in [6.07, 6.45) is 0. The van der Waals surface area contributed by atoms with E-state index in [1.165, 1.54) is 15.9 Å². The largest absolute Gasteiger partial charge is 0.353 e. The van der Waals surface area contributed by atoms with Gasteiger partial charge < -0.3 is 0 Å². The van der Waals surface area contributed by atoms with Crippen LogP contribution in [0.25, 0.3) is 4.14 Å². The lowest BCUT2D eigenvalue weighted by atomic mass is 10.5. The molecule has 106 valence electrons. The maximum Gasteiger partial charge on any atom is 0.353 e. The van der Waals surface area contributed by atoms with Crippen molar-refractivity contribution >= 4 is 44.4 Å². The van der Waals surface area contributed by atoms with E-state index in [0.29, 0.717) is 5.75 Å². The Morgan fingerprint density at radius 2 is 2.05 bits per heavy atom. The highest BCUT2D eigenvalue weighted by atomic mass is 35.7. The summed E-state index contributed by atoms with van der Waals surface area (Å²) >= 11 is 4.84. The number of thioether (sulfide) groups is 1. The third-order valence-corrected chi connectivity index (χ3v) is 5.05. The molecule has 0 atom stereocenters. The third kappa shape index (κ3) is 6.58. The fraction of sp³-hybridized carbons (Fsp3) is 0.375. The molecule has 2 aromatic heterocycles. The van der Waals surface area contributed by atoms with Crippen LogP contribution in [0.1, 0.15) is 12.6 Å². The summed E-state index contributed by atoms with van der Waals surface area (Å²) < 4.78 is 38.0. The number of nitrogens with zero attached hydrogens (tertiary/aromatic N) is 2. The number of ketones is 1. The number of hydrogen-bond donors (Lipinski definition) is 0. The predicted molar refractivity (Wildman–Crippen MR) is 59.3 cm³/mol. The molecule has 0 saturated heterocycles. The Morgan fingerprint density at radius 3 is 2.53 bits per heavy atom. The number of Topliss-reactive ketones (excluding diaryl/α,β-unsaturated/α-hetero) is 1. The molecule has 0 aliphatic rings. The van der Waals surface area contributed by atoms with Crippen LogP contribution >= 0.6 is 34.4 Å². The van der Waals surface area contributed by atoms with Gasteiger partial charge in [0.05, 0.1) is 11.1 Å². The van der Waals surface area contributed by atoms with E-state index < -0.39 is 10.2 Å². The lowest BCUT2D eigenvalue weighted by Crippen LogP contribution is -2.68. The lowest BCUT2D eigenvalue weighted by molar-refractivity contribution is -2.00. The first-order valence-electron chi connectivity index (χ1n) is 4.68. The van der Waals surface area contributed by atoms with Crippen molar-refractivity contribution in [1.29, 1.82) is 0 Å². The lowest BCUT2D eigenvalue weighted by Gasteiger charge is -2.17. The standard InChI is InChI=1S/C8H9N2OS3.ClHO4/c1-5-3-13-8-10(5)9-7(14-8)12-4-6(2)11;2-1(3,4)5/h3H,4H2,1-2H3;(H,2,3,4,5)/q+1;/p-1. The van der Waals surface area contributed by atoms with Crippen LogP contribution in [0.3, 0.4) is 0 Å². The van der Waals surface area contributed by atoms with Crippen LogP contribution in [0.2, 0.25) is 0 Å². The van der Waals surface area contributed by atoms with Gasteiger partial charge in [-0.05, 0) is 22.8 Å². The second kappa shape index (κ2) is 6.90. The van der Waals surface area contributed by atoms with Gasteiger partial charge in [0.25, 0.3) is 0 Å². The number of aromatic nitrogens is 2. The smallest absolute Gasteiger partial charge is 0.299 e. The number of carbonyl (C=O) groups excluding carboxylic acids is 1. The topological polar surface area (TPSA) is 126 Å². The Labute approximate surface area is 122 Å².